The zero-order valence-corrected chi connectivity index (χ0v) is 12.2. The maximum Gasteiger partial charge on any atom is 0.350 e. The van der Waals surface area contributed by atoms with Gasteiger partial charge in [0.25, 0.3) is 0 Å². The van der Waals surface area contributed by atoms with Gasteiger partial charge >= 0.3 is 5.97 Å². The molecule has 1 aliphatic heterocycles. The zero-order chi connectivity index (χ0) is 13.3. The standard InChI is InChI=1S/C13H20N2O2S/c1-8-6-5-7-15(10(8)3)13-14-9(2)11(18-13)12(16)17-4/h8,10H,5-7H2,1-4H3. The van der Waals surface area contributed by atoms with E-state index in [9.17, 15) is 4.79 Å². The molecule has 2 heterocycles. The summed E-state index contributed by atoms with van der Waals surface area (Å²) in [7, 11) is 1.41. The van der Waals surface area contributed by atoms with Gasteiger partial charge in [0.15, 0.2) is 5.13 Å². The molecule has 4 nitrogen and oxygen atoms in total. The van der Waals surface area contributed by atoms with Gasteiger partial charge in [0.05, 0.1) is 12.8 Å². The third kappa shape index (κ3) is 2.36. The van der Waals surface area contributed by atoms with Crippen molar-refractivity contribution in [3.8, 4) is 0 Å². The largest absolute Gasteiger partial charge is 0.465 e. The van der Waals surface area contributed by atoms with Crippen LogP contribution in [0.25, 0.3) is 0 Å². The van der Waals surface area contributed by atoms with E-state index in [2.05, 4.69) is 23.7 Å². The third-order valence-corrected chi connectivity index (χ3v) is 4.95. The second kappa shape index (κ2) is 5.26. The van der Waals surface area contributed by atoms with Crippen LogP contribution in [0.15, 0.2) is 0 Å². The van der Waals surface area contributed by atoms with Gasteiger partial charge in [-0.1, -0.05) is 18.3 Å². The molecule has 1 saturated heterocycles. The summed E-state index contributed by atoms with van der Waals surface area (Å²) in [5.74, 6) is 0.387. The van der Waals surface area contributed by atoms with Gasteiger partial charge in [-0.05, 0) is 32.6 Å². The van der Waals surface area contributed by atoms with Crippen LogP contribution in [0.3, 0.4) is 0 Å². The van der Waals surface area contributed by atoms with Crippen molar-refractivity contribution in [1.29, 1.82) is 0 Å². The van der Waals surface area contributed by atoms with Crippen molar-refractivity contribution >= 4 is 22.4 Å². The first-order valence-corrected chi connectivity index (χ1v) is 7.18. The molecular formula is C13H20N2O2S. The van der Waals surface area contributed by atoms with Gasteiger partial charge in [0, 0.05) is 12.6 Å². The molecule has 1 aromatic heterocycles. The molecule has 0 saturated carbocycles. The number of esters is 1. The van der Waals surface area contributed by atoms with Gasteiger partial charge in [-0.3, -0.25) is 0 Å². The lowest BCUT2D eigenvalue weighted by molar-refractivity contribution is 0.0605. The van der Waals surface area contributed by atoms with E-state index in [1.807, 2.05) is 6.92 Å². The number of hydrogen-bond donors (Lipinski definition) is 0. The molecule has 1 fully saturated rings. The molecule has 1 aliphatic rings. The van der Waals surface area contributed by atoms with Crippen LogP contribution < -0.4 is 4.90 Å². The van der Waals surface area contributed by atoms with Crippen LogP contribution in [-0.4, -0.2) is 30.6 Å². The number of piperidine rings is 1. The first-order chi connectivity index (χ1) is 8.54. The molecule has 0 bridgehead atoms. The SMILES string of the molecule is COC(=O)c1sc(N2CCCC(C)C2C)nc1C. The summed E-state index contributed by atoms with van der Waals surface area (Å²) in [6.45, 7) is 7.40. The Labute approximate surface area is 112 Å². The maximum absolute atomic E-state index is 11.6. The van der Waals surface area contributed by atoms with E-state index in [0.717, 1.165) is 17.4 Å². The van der Waals surface area contributed by atoms with Crippen molar-refractivity contribution in [1.82, 2.24) is 4.98 Å². The Bertz CT molecular complexity index is 444. The maximum atomic E-state index is 11.6. The van der Waals surface area contributed by atoms with Gasteiger partial charge in [0.2, 0.25) is 0 Å². The lowest BCUT2D eigenvalue weighted by Crippen LogP contribution is -2.42. The fraction of sp³-hybridized carbons (Fsp3) is 0.692. The number of hydrogen-bond acceptors (Lipinski definition) is 5. The topological polar surface area (TPSA) is 42.4 Å². The Kier molecular flexibility index (Phi) is 3.90. The number of thiazole rings is 1. The average Bonchev–Trinajstić information content (AvgIpc) is 2.73. The van der Waals surface area contributed by atoms with Crippen molar-refractivity contribution < 1.29 is 9.53 Å². The molecule has 5 heteroatoms. The van der Waals surface area contributed by atoms with E-state index in [4.69, 9.17) is 4.74 Å². The Morgan fingerprint density at radius 1 is 1.50 bits per heavy atom. The molecule has 0 aromatic carbocycles. The normalized spacial score (nSPS) is 24.1. The van der Waals surface area contributed by atoms with E-state index >= 15 is 0 Å². The van der Waals surface area contributed by atoms with Crippen molar-refractivity contribution in [3.63, 3.8) is 0 Å². The fourth-order valence-corrected chi connectivity index (χ4v) is 3.49. The van der Waals surface area contributed by atoms with Crippen LogP contribution in [0.5, 0.6) is 0 Å². The highest BCUT2D eigenvalue weighted by atomic mass is 32.1. The van der Waals surface area contributed by atoms with Gasteiger partial charge in [0.1, 0.15) is 4.88 Å². The summed E-state index contributed by atoms with van der Waals surface area (Å²) in [4.78, 5) is 19.1. The Hall–Kier alpha value is -1.10. The van der Waals surface area contributed by atoms with Crippen molar-refractivity contribution in [2.45, 2.75) is 39.7 Å². The Balaban J connectivity index is 2.26. The van der Waals surface area contributed by atoms with Crippen LogP contribution in [0.1, 0.15) is 42.1 Å². The lowest BCUT2D eigenvalue weighted by atomic mass is 9.93. The molecule has 2 rings (SSSR count). The molecular weight excluding hydrogens is 248 g/mol. The summed E-state index contributed by atoms with van der Waals surface area (Å²) in [5, 5.41) is 0.951. The fourth-order valence-electron chi connectivity index (χ4n) is 2.39. The van der Waals surface area contributed by atoms with Crippen LogP contribution in [0.2, 0.25) is 0 Å². The summed E-state index contributed by atoms with van der Waals surface area (Å²) in [6, 6.07) is 0.481. The first-order valence-electron chi connectivity index (χ1n) is 6.37. The molecule has 18 heavy (non-hydrogen) atoms. The molecule has 0 N–H and O–H groups in total. The molecule has 0 aliphatic carbocycles. The van der Waals surface area contributed by atoms with E-state index < -0.39 is 0 Å². The summed E-state index contributed by atoms with van der Waals surface area (Å²) in [5.41, 5.74) is 0.771. The molecule has 100 valence electrons. The van der Waals surface area contributed by atoms with Crippen molar-refractivity contribution in [3.05, 3.63) is 10.6 Å². The van der Waals surface area contributed by atoms with Crippen LogP contribution >= 0.6 is 11.3 Å². The minimum Gasteiger partial charge on any atom is -0.465 e. The first kappa shape index (κ1) is 13.3. The summed E-state index contributed by atoms with van der Waals surface area (Å²) < 4.78 is 4.78. The number of carbonyl (C=O) groups is 1. The summed E-state index contributed by atoms with van der Waals surface area (Å²) >= 11 is 1.44. The Morgan fingerprint density at radius 2 is 2.22 bits per heavy atom. The monoisotopic (exact) mass is 268 g/mol. The number of ether oxygens (including phenoxy) is 1. The second-order valence-corrected chi connectivity index (χ2v) is 5.93. The highest BCUT2D eigenvalue weighted by molar-refractivity contribution is 7.17. The van der Waals surface area contributed by atoms with Gasteiger partial charge in [-0.2, -0.15) is 0 Å². The molecule has 0 amide bonds. The van der Waals surface area contributed by atoms with Crippen molar-refractivity contribution in [2.75, 3.05) is 18.6 Å². The van der Waals surface area contributed by atoms with E-state index in [1.54, 1.807) is 0 Å². The highest BCUT2D eigenvalue weighted by Crippen LogP contribution is 2.33. The molecule has 0 radical (unpaired) electrons. The van der Waals surface area contributed by atoms with E-state index in [0.29, 0.717) is 16.8 Å². The van der Waals surface area contributed by atoms with Gasteiger partial charge in [-0.25, -0.2) is 9.78 Å². The number of aryl methyl sites for hydroxylation is 1. The predicted molar refractivity (Wildman–Crippen MR) is 73.4 cm³/mol. The highest BCUT2D eigenvalue weighted by Gasteiger charge is 2.28. The van der Waals surface area contributed by atoms with Crippen molar-refractivity contribution in [2.24, 2.45) is 5.92 Å². The van der Waals surface area contributed by atoms with Crippen LogP contribution in [0.4, 0.5) is 5.13 Å². The predicted octanol–water partition coefficient (Wildman–Crippen LogP) is 2.86. The quantitative estimate of drug-likeness (QED) is 0.774. The van der Waals surface area contributed by atoms with Crippen LogP contribution in [-0.2, 0) is 4.74 Å². The van der Waals surface area contributed by atoms with Gasteiger partial charge < -0.3 is 9.64 Å². The molecule has 1 aromatic rings. The Morgan fingerprint density at radius 3 is 2.89 bits per heavy atom. The number of aromatic nitrogens is 1. The van der Waals surface area contributed by atoms with Gasteiger partial charge in [-0.15, -0.1) is 0 Å². The number of rotatable bonds is 2. The summed E-state index contributed by atoms with van der Waals surface area (Å²) in [6.07, 6.45) is 2.46. The van der Waals surface area contributed by atoms with E-state index in [-0.39, 0.29) is 5.97 Å². The second-order valence-electron chi connectivity index (χ2n) is 4.96. The third-order valence-electron chi connectivity index (χ3n) is 3.78. The number of methoxy groups -OCH3 is 1. The average molecular weight is 268 g/mol. The van der Waals surface area contributed by atoms with E-state index in [1.165, 1.54) is 31.3 Å². The number of anilines is 1. The molecule has 0 spiro atoms. The smallest absolute Gasteiger partial charge is 0.350 e. The minimum absolute atomic E-state index is 0.283. The molecule has 2 unspecified atom stereocenters. The molecule has 2 atom stereocenters. The minimum atomic E-state index is -0.283. The number of carbonyl (C=O) groups excluding carboxylic acids is 1. The number of nitrogens with zero attached hydrogens (tertiary/aromatic N) is 2. The zero-order valence-electron chi connectivity index (χ0n) is 11.4. The van der Waals surface area contributed by atoms with Crippen LogP contribution in [0, 0.1) is 12.8 Å². The lowest BCUT2D eigenvalue weighted by Gasteiger charge is -2.37.